The number of carbonyl (C=O) groups excluding carboxylic acids is 1. The lowest BCUT2D eigenvalue weighted by molar-refractivity contribution is -0.122. The second-order valence-electron chi connectivity index (χ2n) is 6.80. The van der Waals surface area contributed by atoms with E-state index in [1.165, 1.54) is 4.40 Å². The number of benzene rings is 2. The molecular weight excluding hydrogens is 370 g/mol. The fourth-order valence-electron chi connectivity index (χ4n) is 3.00. The number of hydrogen-bond acceptors (Lipinski definition) is 5. The Morgan fingerprint density at radius 2 is 1.86 bits per heavy atom. The van der Waals surface area contributed by atoms with E-state index in [1.54, 1.807) is 24.3 Å². The predicted octanol–water partition coefficient (Wildman–Crippen LogP) is 2.75. The minimum absolute atomic E-state index is 0.0229. The molecule has 2 aromatic carbocycles. The highest BCUT2D eigenvalue weighted by Gasteiger charge is 2.19. The zero-order valence-corrected chi connectivity index (χ0v) is 16.2. The van der Waals surface area contributed by atoms with Crippen LogP contribution in [0.1, 0.15) is 20.3 Å². The van der Waals surface area contributed by atoms with Crippen LogP contribution in [-0.4, -0.2) is 31.1 Å². The Hall–Kier alpha value is -3.68. The fourth-order valence-corrected chi connectivity index (χ4v) is 3.00. The second-order valence-corrected chi connectivity index (χ2v) is 6.80. The molecule has 29 heavy (non-hydrogen) atoms. The third-order valence-corrected chi connectivity index (χ3v) is 4.65. The monoisotopic (exact) mass is 391 g/mol. The molecule has 1 N–H and O–H groups in total. The van der Waals surface area contributed by atoms with Crippen molar-refractivity contribution in [2.75, 3.05) is 0 Å². The Morgan fingerprint density at radius 1 is 1.14 bits per heavy atom. The molecule has 4 aromatic rings. The first-order valence-electron chi connectivity index (χ1n) is 9.47. The van der Waals surface area contributed by atoms with Gasteiger partial charge in [0, 0.05) is 6.04 Å². The number of ether oxygens (including phenoxy) is 1. The molecule has 0 aliphatic rings. The number of hydrogen-bond donors (Lipinski definition) is 1. The highest BCUT2D eigenvalue weighted by molar-refractivity contribution is 5.80. The molecule has 0 saturated carbocycles. The van der Waals surface area contributed by atoms with Gasteiger partial charge in [-0.2, -0.15) is 0 Å². The molecule has 0 aliphatic heterocycles. The molecule has 1 unspecified atom stereocenters. The second kappa shape index (κ2) is 7.75. The molecule has 0 bridgehead atoms. The summed E-state index contributed by atoms with van der Waals surface area (Å²) >= 11 is 0. The van der Waals surface area contributed by atoms with Crippen molar-refractivity contribution >= 4 is 22.6 Å². The van der Waals surface area contributed by atoms with Gasteiger partial charge in [0.25, 0.3) is 5.88 Å². The van der Waals surface area contributed by atoms with Crippen LogP contribution in [0, 0.1) is 0 Å². The van der Waals surface area contributed by atoms with E-state index < -0.39 is 5.69 Å². The van der Waals surface area contributed by atoms with Gasteiger partial charge in [0.05, 0.1) is 11.0 Å². The maximum atomic E-state index is 13.0. The third kappa shape index (κ3) is 3.69. The van der Waals surface area contributed by atoms with Crippen LogP contribution in [0.2, 0.25) is 0 Å². The predicted molar refractivity (Wildman–Crippen MR) is 109 cm³/mol. The molecule has 0 spiro atoms. The molecule has 0 fully saturated rings. The van der Waals surface area contributed by atoms with E-state index >= 15 is 0 Å². The summed E-state index contributed by atoms with van der Waals surface area (Å²) in [5.41, 5.74) is 1.03. The van der Waals surface area contributed by atoms with E-state index in [0.717, 1.165) is 11.1 Å². The largest absolute Gasteiger partial charge is 0.436 e. The van der Waals surface area contributed by atoms with E-state index in [9.17, 15) is 9.59 Å². The fraction of sp³-hybridized carbons (Fsp3) is 0.238. The van der Waals surface area contributed by atoms with Crippen LogP contribution in [-0.2, 0) is 11.3 Å². The topological polar surface area (TPSA) is 90.5 Å². The molecule has 148 valence electrons. The van der Waals surface area contributed by atoms with Crippen molar-refractivity contribution in [1.29, 1.82) is 0 Å². The molecule has 2 aromatic heterocycles. The minimum atomic E-state index is -0.421. The van der Waals surface area contributed by atoms with Gasteiger partial charge < -0.3 is 10.1 Å². The first-order valence-corrected chi connectivity index (χ1v) is 9.47. The number of rotatable bonds is 6. The Bertz CT molecular complexity index is 1230. The minimum Gasteiger partial charge on any atom is -0.436 e. The van der Waals surface area contributed by atoms with Crippen molar-refractivity contribution in [3.05, 3.63) is 65.1 Å². The Kier molecular flexibility index (Phi) is 4.99. The lowest BCUT2D eigenvalue weighted by Crippen LogP contribution is -2.37. The molecule has 1 atom stereocenters. The zero-order chi connectivity index (χ0) is 20.4. The Morgan fingerprint density at radius 3 is 2.62 bits per heavy atom. The van der Waals surface area contributed by atoms with E-state index in [1.807, 2.05) is 44.2 Å². The molecule has 0 radical (unpaired) electrons. The quantitative estimate of drug-likeness (QED) is 0.546. The van der Waals surface area contributed by atoms with Crippen LogP contribution in [0.15, 0.2) is 59.4 Å². The van der Waals surface area contributed by atoms with Crippen molar-refractivity contribution in [3.63, 3.8) is 0 Å². The van der Waals surface area contributed by atoms with Gasteiger partial charge in [-0.3, -0.25) is 4.79 Å². The molecule has 2 heterocycles. The molecule has 1 amide bonds. The smallest absolute Gasteiger partial charge is 0.351 e. The van der Waals surface area contributed by atoms with E-state index in [-0.39, 0.29) is 30.0 Å². The first-order chi connectivity index (χ1) is 14.1. The van der Waals surface area contributed by atoms with Gasteiger partial charge in [0.1, 0.15) is 12.3 Å². The number of amides is 1. The summed E-state index contributed by atoms with van der Waals surface area (Å²) in [6.07, 6.45) is 0.801. The highest BCUT2D eigenvalue weighted by atomic mass is 16.5. The standard InChI is InChI=1S/C21H21N5O3/c1-3-14(2)22-18(27)13-25-21(28)26-17-12-8-7-11-16(17)23-20(19(26)24-25)29-15-9-5-4-6-10-15/h4-12,14H,3,13H2,1-2H3,(H,22,27). The molecule has 0 aliphatic carbocycles. The number of nitrogens with one attached hydrogen (secondary N) is 1. The molecular formula is C21H21N5O3. The lowest BCUT2D eigenvalue weighted by Gasteiger charge is -2.10. The van der Waals surface area contributed by atoms with Crippen LogP contribution in [0.5, 0.6) is 11.6 Å². The van der Waals surface area contributed by atoms with Crippen LogP contribution in [0.4, 0.5) is 0 Å². The van der Waals surface area contributed by atoms with Crippen molar-refractivity contribution in [1.82, 2.24) is 24.5 Å². The average molecular weight is 391 g/mol. The zero-order valence-electron chi connectivity index (χ0n) is 16.2. The summed E-state index contributed by atoms with van der Waals surface area (Å²) in [6.45, 7) is 3.71. The summed E-state index contributed by atoms with van der Waals surface area (Å²) in [5.74, 6) is 0.509. The van der Waals surface area contributed by atoms with Gasteiger partial charge in [0.2, 0.25) is 11.6 Å². The van der Waals surface area contributed by atoms with Crippen molar-refractivity contribution in [3.8, 4) is 11.6 Å². The van der Waals surface area contributed by atoms with E-state index in [2.05, 4.69) is 15.4 Å². The average Bonchev–Trinajstić information content (AvgIpc) is 3.05. The van der Waals surface area contributed by atoms with Gasteiger partial charge >= 0.3 is 5.69 Å². The lowest BCUT2D eigenvalue weighted by atomic mass is 10.2. The van der Waals surface area contributed by atoms with Gasteiger partial charge in [-0.15, -0.1) is 5.10 Å². The Labute approximate surface area is 166 Å². The van der Waals surface area contributed by atoms with Crippen LogP contribution in [0.25, 0.3) is 16.7 Å². The van der Waals surface area contributed by atoms with Crippen LogP contribution in [0.3, 0.4) is 0 Å². The van der Waals surface area contributed by atoms with Crippen LogP contribution >= 0.6 is 0 Å². The normalized spacial score (nSPS) is 12.2. The maximum absolute atomic E-state index is 13.0. The molecule has 8 heteroatoms. The molecule has 4 rings (SSSR count). The van der Waals surface area contributed by atoms with E-state index in [0.29, 0.717) is 16.8 Å². The maximum Gasteiger partial charge on any atom is 0.351 e. The van der Waals surface area contributed by atoms with Crippen molar-refractivity contribution in [2.45, 2.75) is 32.9 Å². The van der Waals surface area contributed by atoms with Crippen molar-refractivity contribution in [2.24, 2.45) is 0 Å². The van der Waals surface area contributed by atoms with E-state index in [4.69, 9.17) is 4.74 Å². The van der Waals surface area contributed by atoms with Gasteiger partial charge in [-0.25, -0.2) is 18.9 Å². The summed E-state index contributed by atoms with van der Waals surface area (Å²) in [4.78, 5) is 29.9. The number of aromatic nitrogens is 4. The number of carbonyl (C=O) groups is 1. The molecule has 8 nitrogen and oxygen atoms in total. The Balaban J connectivity index is 1.83. The number of fused-ring (bicyclic) bond motifs is 3. The van der Waals surface area contributed by atoms with Gasteiger partial charge in [0.15, 0.2) is 0 Å². The number of nitrogens with zero attached hydrogens (tertiary/aromatic N) is 4. The summed E-state index contributed by atoms with van der Waals surface area (Å²) in [5, 5.41) is 7.20. The van der Waals surface area contributed by atoms with Gasteiger partial charge in [-0.05, 0) is 37.6 Å². The third-order valence-electron chi connectivity index (χ3n) is 4.65. The van der Waals surface area contributed by atoms with Gasteiger partial charge in [-0.1, -0.05) is 37.3 Å². The number of para-hydroxylation sites is 3. The van der Waals surface area contributed by atoms with Crippen LogP contribution < -0.4 is 15.7 Å². The summed E-state index contributed by atoms with van der Waals surface area (Å²) in [7, 11) is 0. The highest BCUT2D eigenvalue weighted by Crippen LogP contribution is 2.25. The first kappa shape index (κ1) is 18.7. The summed E-state index contributed by atoms with van der Waals surface area (Å²) in [6, 6.07) is 16.4. The van der Waals surface area contributed by atoms with Crippen molar-refractivity contribution < 1.29 is 9.53 Å². The SMILES string of the molecule is CCC(C)NC(=O)Cn1nc2c(Oc3ccccc3)nc3ccccc3n2c1=O. The summed E-state index contributed by atoms with van der Waals surface area (Å²) < 4.78 is 8.47. The molecule has 0 saturated heterocycles.